The Morgan fingerprint density at radius 2 is 1.88 bits per heavy atom. The molecule has 2 amide bonds. The number of hydrogen-bond donors (Lipinski definition) is 2. The third kappa shape index (κ3) is 3.92. The van der Waals surface area contributed by atoms with Gasteiger partial charge in [0.1, 0.15) is 0 Å². The average molecular weight is 346 g/mol. The van der Waals surface area contributed by atoms with Crippen LogP contribution in [-0.4, -0.2) is 48.2 Å². The van der Waals surface area contributed by atoms with Crippen molar-refractivity contribution in [1.29, 1.82) is 0 Å². The molecule has 1 aliphatic heterocycles. The maximum atomic E-state index is 12.4. The van der Waals surface area contributed by atoms with Crippen molar-refractivity contribution in [2.24, 2.45) is 17.8 Å². The SMILES string of the molecule is COC(=O)[C@H]1CN(C(=O)NCc2ccc(C(=O)O)cc2)C[C@@H]1C1CC1. The molecule has 25 heavy (non-hydrogen) atoms. The fourth-order valence-electron chi connectivity index (χ4n) is 3.45. The fraction of sp³-hybridized carbons (Fsp3) is 0.500. The Morgan fingerprint density at radius 1 is 1.20 bits per heavy atom. The number of carboxylic acids is 1. The van der Waals surface area contributed by atoms with Gasteiger partial charge in [-0.15, -0.1) is 0 Å². The average Bonchev–Trinajstić information content (AvgIpc) is 3.37. The zero-order valence-corrected chi connectivity index (χ0v) is 14.1. The number of carbonyl (C=O) groups excluding carboxylic acids is 2. The molecule has 2 aliphatic rings. The third-order valence-corrected chi connectivity index (χ3v) is 5.03. The highest BCUT2D eigenvalue weighted by atomic mass is 16.5. The predicted molar refractivity (Wildman–Crippen MR) is 88.9 cm³/mol. The van der Waals surface area contributed by atoms with Crippen molar-refractivity contribution in [3.63, 3.8) is 0 Å². The molecule has 2 fully saturated rings. The second-order valence-corrected chi connectivity index (χ2v) is 6.70. The van der Waals surface area contributed by atoms with E-state index in [1.807, 2.05) is 0 Å². The quantitative estimate of drug-likeness (QED) is 0.792. The van der Waals surface area contributed by atoms with Gasteiger partial charge >= 0.3 is 18.0 Å². The van der Waals surface area contributed by atoms with Crippen molar-refractivity contribution in [2.75, 3.05) is 20.2 Å². The van der Waals surface area contributed by atoms with E-state index < -0.39 is 5.97 Å². The molecular formula is C18H22N2O5. The van der Waals surface area contributed by atoms with E-state index >= 15 is 0 Å². The minimum atomic E-state index is -0.979. The number of ether oxygens (including phenoxy) is 1. The molecule has 1 aromatic rings. The van der Waals surface area contributed by atoms with Crippen LogP contribution in [0.1, 0.15) is 28.8 Å². The van der Waals surface area contributed by atoms with Crippen molar-refractivity contribution >= 4 is 18.0 Å². The maximum Gasteiger partial charge on any atom is 0.335 e. The number of hydrogen-bond acceptors (Lipinski definition) is 4. The summed E-state index contributed by atoms with van der Waals surface area (Å²) in [5, 5.41) is 11.7. The number of nitrogens with zero attached hydrogens (tertiary/aromatic N) is 1. The van der Waals surface area contributed by atoms with Crippen LogP contribution in [0.2, 0.25) is 0 Å². The van der Waals surface area contributed by atoms with E-state index in [1.165, 1.54) is 19.2 Å². The van der Waals surface area contributed by atoms with Crippen molar-refractivity contribution < 1.29 is 24.2 Å². The van der Waals surface area contributed by atoms with Crippen molar-refractivity contribution in [3.8, 4) is 0 Å². The van der Waals surface area contributed by atoms with Crippen LogP contribution in [0.3, 0.4) is 0 Å². The first-order valence-corrected chi connectivity index (χ1v) is 8.42. The molecule has 7 nitrogen and oxygen atoms in total. The first-order chi connectivity index (χ1) is 12.0. The number of aromatic carboxylic acids is 1. The Kier molecular flexibility index (Phi) is 4.92. The smallest absolute Gasteiger partial charge is 0.335 e. The monoisotopic (exact) mass is 346 g/mol. The van der Waals surface area contributed by atoms with E-state index in [0.29, 0.717) is 25.6 Å². The van der Waals surface area contributed by atoms with Gasteiger partial charge in [-0.3, -0.25) is 4.79 Å². The molecule has 1 aliphatic carbocycles. The second-order valence-electron chi connectivity index (χ2n) is 6.70. The molecule has 1 aromatic carbocycles. The summed E-state index contributed by atoms with van der Waals surface area (Å²) in [6.07, 6.45) is 2.23. The lowest BCUT2D eigenvalue weighted by Gasteiger charge is -2.17. The lowest BCUT2D eigenvalue weighted by molar-refractivity contribution is -0.146. The van der Waals surface area contributed by atoms with Gasteiger partial charge in [-0.25, -0.2) is 9.59 Å². The fourth-order valence-corrected chi connectivity index (χ4v) is 3.45. The van der Waals surface area contributed by atoms with Gasteiger partial charge in [-0.1, -0.05) is 12.1 Å². The van der Waals surface area contributed by atoms with Gasteiger partial charge in [0.15, 0.2) is 0 Å². The van der Waals surface area contributed by atoms with E-state index in [4.69, 9.17) is 9.84 Å². The number of urea groups is 1. The van der Waals surface area contributed by atoms with Gasteiger partial charge in [0, 0.05) is 19.6 Å². The normalized spacial score (nSPS) is 22.5. The molecule has 0 spiro atoms. The zero-order valence-electron chi connectivity index (χ0n) is 14.1. The minimum absolute atomic E-state index is 0.188. The van der Waals surface area contributed by atoms with E-state index in [1.54, 1.807) is 17.0 Å². The number of amides is 2. The van der Waals surface area contributed by atoms with Crippen LogP contribution in [0.25, 0.3) is 0 Å². The van der Waals surface area contributed by atoms with Crippen LogP contribution in [0.15, 0.2) is 24.3 Å². The Morgan fingerprint density at radius 3 is 2.44 bits per heavy atom. The zero-order chi connectivity index (χ0) is 18.0. The number of methoxy groups -OCH3 is 1. The standard InChI is InChI=1S/C18H22N2O5/c1-25-17(23)15-10-20(9-14(15)12-6-7-12)18(24)19-8-11-2-4-13(5-3-11)16(21)22/h2-5,12,14-15H,6-10H2,1H3,(H,19,24)(H,21,22)/t14-,15+/m1/s1. The Hall–Kier alpha value is -2.57. The maximum absolute atomic E-state index is 12.4. The van der Waals surface area contributed by atoms with Crippen LogP contribution in [0.4, 0.5) is 4.79 Å². The lowest BCUT2D eigenvalue weighted by Crippen LogP contribution is -2.38. The number of carbonyl (C=O) groups is 3. The molecule has 1 heterocycles. The molecule has 3 rings (SSSR count). The Bertz CT molecular complexity index is 669. The summed E-state index contributed by atoms with van der Waals surface area (Å²) < 4.78 is 4.88. The molecular weight excluding hydrogens is 324 g/mol. The summed E-state index contributed by atoms with van der Waals surface area (Å²) in [5.41, 5.74) is 1.03. The summed E-state index contributed by atoms with van der Waals surface area (Å²) in [6, 6.07) is 6.17. The van der Waals surface area contributed by atoms with Crippen LogP contribution in [0.5, 0.6) is 0 Å². The topological polar surface area (TPSA) is 95.9 Å². The molecule has 0 unspecified atom stereocenters. The number of likely N-dealkylation sites (tertiary alicyclic amines) is 1. The van der Waals surface area contributed by atoms with Gasteiger partial charge in [-0.05, 0) is 42.4 Å². The molecule has 0 bridgehead atoms. The lowest BCUT2D eigenvalue weighted by atomic mass is 9.92. The summed E-state index contributed by atoms with van der Waals surface area (Å²) in [7, 11) is 1.38. The van der Waals surface area contributed by atoms with Gasteiger partial charge in [0.05, 0.1) is 18.6 Å². The predicted octanol–water partition coefficient (Wildman–Crippen LogP) is 1.73. The van der Waals surface area contributed by atoms with Gasteiger partial charge in [0.25, 0.3) is 0 Å². The first-order valence-electron chi connectivity index (χ1n) is 8.42. The minimum Gasteiger partial charge on any atom is -0.478 e. The highest BCUT2D eigenvalue weighted by Gasteiger charge is 2.47. The number of carboxylic acid groups (broad SMARTS) is 1. The highest BCUT2D eigenvalue weighted by Crippen LogP contribution is 2.44. The molecule has 134 valence electrons. The summed E-state index contributed by atoms with van der Waals surface area (Å²) in [5.74, 6) is -0.749. The van der Waals surface area contributed by atoms with Gasteiger partial charge in [0.2, 0.25) is 0 Å². The summed E-state index contributed by atoms with van der Waals surface area (Å²) >= 11 is 0. The van der Waals surface area contributed by atoms with Gasteiger partial charge in [-0.2, -0.15) is 0 Å². The van der Waals surface area contributed by atoms with E-state index in [2.05, 4.69) is 5.32 Å². The molecule has 2 N–H and O–H groups in total. The number of benzene rings is 1. The van der Waals surface area contributed by atoms with Crippen molar-refractivity contribution in [1.82, 2.24) is 10.2 Å². The number of nitrogens with one attached hydrogen (secondary N) is 1. The molecule has 1 saturated carbocycles. The Balaban J connectivity index is 1.56. The first kappa shape index (κ1) is 17.3. The molecule has 0 radical (unpaired) electrons. The van der Waals surface area contributed by atoms with Crippen LogP contribution in [-0.2, 0) is 16.1 Å². The summed E-state index contributed by atoms with van der Waals surface area (Å²) in [6.45, 7) is 1.28. The molecule has 2 atom stereocenters. The number of rotatable bonds is 5. The third-order valence-electron chi connectivity index (χ3n) is 5.03. The Labute approximate surface area is 146 Å². The van der Waals surface area contributed by atoms with Crippen LogP contribution >= 0.6 is 0 Å². The van der Waals surface area contributed by atoms with Crippen LogP contribution in [0, 0.1) is 17.8 Å². The highest BCUT2D eigenvalue weighted by molar-refractivity contribution is 5.87. The van der Waals surface area contributed by atoms with Crippen molar-refractivity contribution in [2.45, 2.75) is 19.4 Å². The molecule has 1 saturated heterocycles. The van der Waals surface area contributed by atoms with Crippen LogP contribution < -0.4 is 5.32 Å². The van der Waals surface area contributed by atoms with Gasteiger partial charge < -0.3 is 20.1 Å². The second kappa shape index (κ2) is 7.13. The molecule has 7 heteroatoms. The van der Waals surface area contributed by atoms with E-state index in [-0.39, 0.29) is 29.4 Å². The van der Waals surface area contributed by atoms with E-state index in [0.717, 1.165) is 18.4 Å². The van der Waals surface area contributed by atoms with Crippen molar-refractivity contribution in [3.05, 3.63) is 35.4 Å². The number of esters is 1. The summed E-state index contributed by atoms with van der Waals surface area (Å²) in [4.78, 5) is 36.9. The molecule has 0 aromatic heterocycles. The van der Waals surface area contributed by atoms with E-state index in [9.17, 15) is 14.4 Å². The largest absolute Gasteiger partial charge is 0.478 e.